The van der Waals surface area contributed by atoms with E-state index in [4.69, 9.17) is 4.99 Å². The van der Waals surface area contributed by atoms with Gasteiger partial charge in [0, 0.05) is 13.1 Å². The minimum absolute atomic E-state index is 0.631. The first-order valence-electron chi connectivity index (χ1n) is 9.32. The average Bonchev–Trinajstić information content (AvgIpc) is 3.20. The number of rotatable bonds is 7. The van der Waals surface area contributed by atoms with E-state index in [1.165, 1.54) is 22.3 Å². The van der Waals surface area contributed by atoms with Crippen molar-refractivity contribution in [2.24, 2.45) is 4.99 Å². The summed E-state index contributed by atoms with van der Waals surface area (Å²) in [5.41, 5.74) is 4.80. The Balaban J connectivity index is 1.77. The molecule has 0 bridgehead atoms. The van der Waals surface area contributed by atoms with Crippen molar-refractivity contribution in [3.8, 4) is 11.1 Å². The first kappa shape index (κ1) is 18.6. The first-order chi connectivity index (χ1) is 13.3. The summed E-state index contributed by atoms with van der Waals surface area (Å²) in [7, 11) is 0. The minimum atomic E-state index is 0.631. The fourth-order valence-electron chi connectivity index (χ4n) is 2.90. The smallest absolute Gasteiger partial charge is 0.191 e. The molecule has 0 aliphatic heterocycles. The summed E-state index contributed by atoms with van der Waals surface area (Å²) in [5.74, 6) is 0.845. The van der Waals surface area contributed by atoms with E-state index < -0.39 is 0 Å². The fraction of sp³-hybridized carbons (Fsp3) is 0.286. The van der Waals surface area contributed by atoms with Crippen molar-refractivity contribution in [3.63, 3.8) is 0 Å². The molecule has 0 aliphatic rings. The summed E-state index contributed by atoms with van der Waals surface area (Å²) in [6, 6.07) is 17.0. The van der Waals surface area contributed by atoms with Crippen LogP contribution in [0.3, 0.4) is 0 Å². The Hall–Kier alpha value is -3.15. The van der Waals surface area contributed by atoms with E-state index in [2.05, 4.69) is 83.1 Å². The number of benzene rings is 2. The van der Waals surface area contributed by atoms with Crippen LogP contribution in [0, 0.1) is 0 Å². The van der Waals surface area contributed by atoms with Crippen LogP contribution in [0.1, 0.15) is 25.0 Å². The summed E-state index contributed by atoms with van der Waals surface area (Å²) in [4.78, 5) is 8.69. The normalized spacial score (nSPS) is 10.4. The molecule has 27 heavy (non-hydrogen) atoms. The third kappa shape index (κ3) is 5.17. The molecule has 0 aliphatic carbocycles. The van der Waals surface area contributed by atoms with Crippen LogP contribution in [-0.2, 0) is 13.1 Å². The van der Waals surface area contributed by atoms with E-state index in [9.17, 15) is 0 Å². The lowest BCUT2D eigenvalue weighted by atomic mass is 9.98. The average molecular weight is 362 g/mol. The van der Waals surface area contributed by atoms with Gasteiger partial charge in [-0.05, 0) is 36.1 Å². The molecular formula is C21H26N6. The van der Waals surface area contributed by atoms with Crippen LogP contribution in [-0.4, -0.2) is 33.8 Å². The van der Waals surface area contributed by atoms with Crippen LogP contribution in [0.4, 0.5) is 0 Å². The molecule has 1 heterocycles. The van der Waals surface area contributed by atoms with Gasteiger partial charge in [0.25, 0.3) is 0 Å². The highest BCUT2D eigenvalue weighted by Crippen LogP contribution is 2.25. The molecule has 0 saturated heterocycles. The summed E-state index contributed by atoms with van der Waals surface area (Å²) >= 11 is 0. The highest BCUT2D eigenvalue weighted by Gasteiger charge is 2.05. The Morgan fingerprint density at radius 3 is 2.41 bits per heavy atom. The summed E-state index contributed by atoms with van der Waals surface area (Å²) in [6.07, 6.45) is 3.29. The maximum atomic E-state index is 4.70. The predicted molar refractivity (Wildman–Crippen MR) is 109 cm³/mol. The maximum Gasteiger partial charge on any atom is 0.191 e. The van der Waals surface area contributed by atoms with E-state index in [0.29, 0.717) is 6.54 Å². The number of aromatic nitrogens is 3. The van der Waals surface area contributed by atoms with Gasteiger partial charge in [0.15, 0.2) is 5.96 Å². The Morgan fingerprint density at radius 2 is 1.74 bits per heavy atom. The van der Waals surface area contributed by atoms with E-state index in [1.807, 2.05) is 4.68 Å². The first-order valence-corrected chi connectivity index (χ1v) is 9.32. The van der Waals surface area contributed by atoms with Crippen molar-refractivity contribution in [1.82, 2.24) is 25.4 Å². The standard InChI is InChI=1S/C21H26N6/c1-3-23-21(24-4-2)25-13-19-7-5-6-8-20(19)18-11-9-17(10-12-18)14-27-16-22-15-26-27/h5-12,15-16H,3-4,13-14H2,1-2H3,(H2,23,24,25). The monoisotopic (exact) mass is 362 g/mol. The molecule has 3 rings (SSSR count). The molecule has 1 aromatic heterocycles. The van der Waals surface area contributed by atoms with Crippen molar-refractivity contribution in [2.75, 3.05) is 13.1 Å². The van der Waals surface area contributed by atoms with Crippen molar-refractivity contribution in [2.45, 2.75) is 26.9 Å². The Morgan fingerprint density at radius 1 is 1.00 bits per heavy atom. The zero-order chi connectivity index (χ0) is 18.9. The zero-order valence-corrected chi connectivity index (χ0v) is 15.9. The van der Waals surface area contributed by atoms with Gasteiger partial charge in [0.1, 0.15) is 12.7 Å². The minimum Gasteiger partial charge on any atom is -0.357 e. The van der Waals surface area contributed by atoms with Crippen LogP contribution in [0.2, 0.25) is 0 Å². The van der Waals surface area contributed by atoms with Gasteiger partial charge < -0.3 is 10.6 Å². The summed E-state index contributed by atoms with van der Waals surface area (Å²) in [5, 5.41) is 10.7. The number of nitrogens with one attached hydrogen (secondary N) is 2. The van der Waals surface area contributed by atoms with Gasteiger partial charge >= 0.3 is 0 Å². The molecule has 0 spiro atoms. The zero-order valence-electron chi connectivity index (χ0n) is 15.9. The van der Waals surface area contributed by atoms with Crippen LogP contribution in [0.5, 0.6) is 0 Å². The second kappa shape index (κ2) is 9.52. The number of hydrogen-bond acceptors (Lipinski definition) is 3. The molecule has 0 saturated carbocycles. The van der Waals surface area contributed by atoms with Crippen LogP contribution in [0.15, 0.2) is 66.2 Å². The molecule has 6 heteroatoms. The lowest BCUT2D eigenvalue weighted by Gasteiger charge is -2.12. The lowest BCUT2D eigenvalue weighted by Crippen LogP contribution is -2.36. The topological polar surface area (TPSA) is 67.1 Å². The van der Waals surface area contributed by atoms with E-state index in [1.54, 1.807) is 12.7 Å². The Bertz CT molecular complexity index is 845. The molecule has 0 unspecified atom stereocenters. The van der Waals surface area contributed by atoms with Crippen molar-refractivity contribution in [1.29, 1.82) is 0 Å². The molecule has 0 fully saturated rings. The predicted octanol–water partition coefficient (Wildman–Crippen LogP) is 3.07. The molecule has 0 radical (unpaired) electrons. The quantitative estimate of drug-likeness (QED) is 0.501. The Kier molecular flexibility index (Phi) is 6.57. The van der Waals surface area contributed by atoms with Crippen molar-refractivity contribution < 1.29 is 0 Å². The second-order valence-electron chi connectivity index (χ2n) is 6.17. The molecule has 140 valence electrons. The molecule has 2 N–H and O–H groups in total. The lowest BCUT2D eigenvalue weighted by molar-refractivity contribution is 0.685. The maximum absolute atomic E-state index is 4.70. The van der Waals surface area contributed by atoms with Gasteiger partial charge in [-0.1, -0.05) is 48.5 Å². The molecule has 6 nitrogen and oxygen atoms in total. The van der Waals surface area contributed by atoms with Crippen LogP contribution in [0.25, 0.3) is 11.1 Å². The van der Waals surface area contributed by atoms with Crippen LogP contribution >= 0.6 is 0 Å². The molecular weight excluding hydrogens is 336 g/mol. The Labute approximate surface area is 160 Å². The molecule has 3 aromatic rings. The summed E-state index contributed by atoms with van der Waals surface area (Å²) < 4.78 is 1.82. The number of aliphatic imine (C=N–C) groups is 1. The van der Waals surface area contributed by atoms with E-state index in [0.717, 1.165) is 25.6 Å². The van der Waals surface area contributed by atoms with Gasteiger partial charge in [-0.15, -0.1) is 0 Å². The van der Waals surface area contributed by atoms with Gasteiger partial charge in [-0.3, -0.25) is 0 Å². The summed E-state index contributed by atoms with van der Waals surface area (Å²) in [6.45, 7) is 7.19. The van der Waals surface area contributed by atoms with Gasteiger partial charge in [0.05, 0.1) is 13.1 Å². The third-order valence-electron chi connectivity index (χ3n) is 4.19. The third-order valence-corrected chi connectivity index (χ3v) is 4.19. The van der Waals surface area contributed by atoms with Gasteiger partial charge in [-0.2, -0.15) is 5.10 Å². The largest absolute Gasteiger partial charge is 0.357 e. The van der Waals surface area contributed by atoms with Crippen LogP contribution < -0.4 is 10.6 Å². The van der Waals surface area contributed by atoms with Crippen molar-refractivity contribution in [3.05, 3.63) is 72.3 Å². The fourth-order valence-corrected chi connectivity index (χ4v) is 2.90. The van der Waals surface area contributed by atoms with Crippen molar-refractivity contribution >= 4 is 5.96 Å². The van der Waals surface area contributed by atoms with E-state index >= 15 is 0 Å². The highest BCUT2D eigenvalue weighted by molar-refractivity contribution is 5.80. The number of hydrogen-bond donors (Lipinski definition) is 2. The molecule has 0 amide bonds. The highest BCUT2D eigenvalue weighted by atomic mass is 15.3. The van der Waals surface area contributed by atoms with Gasteiger partial charge in [0.2, 0.25) is 0 Å². The second-order valence-corrected chi connectivity index (χ2v) is 6.17. The van der Waals surface area contributed by atoms with E-state index in [-0.39, 0.29) is 0 Å². The molecule has 0 atom stereocenters. The SMILES string of the molecule is CCNC(=NCc1ccccc1-c1ccc(Cn2cncn2)cc1)NCC. The molecule has 2 aromatic carbocycles. The van der Waals surface area contributed by atoms with Gasteiger partial charge in [-0.25, -0.2) is 14.7 Å². The number of nitrogens with zero attached hydrogens (tertiary/aromatic N) is 4. The number of guanidine groups is 1.